The Kier molecular flexibility index (Phi) is 6.85. The molecule has 18 heavy (non-hydrogen) atoms. The number of phenolic OH excluding ortho intramolecular Hbond substituents is 2. The molecule has 0 saturated carbocycles. The number of benzene rings is 1. The van der Waals surface area contributed by atoms with Crippen molar-refractivity contribution in [2.75, 3.05) is 18.8 Å². The highest BCUT2D eigenvalue weighted by Gasteiger charge is 2.01. The van der Waals surface area contributed by atoms with Gasteiger partial charge in [-0.1, -0.05) is 30.0 Å². The minimum Gasteiger partial charge on any atom is -0.504 e. The summed E-state index contributed by atoms with van der Waals surface area (Å²) in [6.07, 6.45) is 1.70. The van der Waals surface area contributed by atoms with Crippen LogP contribution in [-0.2, 0) is 6.42 Å². The second kappa shape index (κ2) is 8.18. The van der Waals surface area contributed by atoms with Crippen LogP contribution in [0, 0.1) is 0 Å². The molecule has 0 fully saturated rings. The van der Waals surface area contributed by atoms with Crippen LogP contribution in [0.3, 0.4) is 0 Å². The first kappa shape index (κ1) is 15.1. The number of thiocarbonyl (C=S) groups is 1. The highest BCUT2D eigenvalue weighted by Crippen LogP contribution is 2.24. The Morgan fingerprint density at radius 2 is 2.11 bits per heavy atom. The van der Waals surface area contributed by atoms with Crippen molar-refractivity contribution >= 4 is 28.3 Å². The summed E-state index contributed by atoms with van der Waals surface area (Å²) >= 11 is 6.74. The normalized spacial score (nSPS) is 10.3. The molecule has 6 heteroatoms. The average Bonchev–Trinajstić information content (AvgIpc) is 2.34. The summed E-state index contributed by atoms with van der Waals surface area (Å²) in [4.78, 5) is 0. The maximum atomic E-state index is 9.34. The molecule has 0 bridgehead atoms. The van der Waals surface area contributed by atoms with E-state index in [2.05, 4.69) is 5.32 Å². The zero-order chi connectivity index (χ0) is 13.4. The average molecular weight is 286 g/mol. The second-order valence-electron chi connectivity index (χ2n) is 3.78. The quantitative estimate of drug-likeness (QED) is 0.361. The van der Waals surface area contributed by atoms with Crippen LogP contribution < -0.4 is 11.1 Å². The first-order valence-corrected chi connectivity index (χ1v) is 7.14. The fourth-order valence-electron chi connectivity index (χ4n) is 1.33. The second-order valence-corrected chi connectivity index (χ2v) is 5.55. The van der Waals surface area contributed by atoms with Crippen molar-refractivity contribution in [3.63, 3.8) is 0 Å². The molecular weight excluding hydrogens is 268 g/mol. The molecule has 0 saturated heterocycles. The van der Waals surface area contributed by atoms with Gasteiger partial charge in [-0.05, 0) is 37.1 Å². The van der Waals surface area contributed by atoms with E-state index in [-0.39, 0.29) is 11.5 Å². The third kappa shape index (κ3) is 5.57. The van der Waals surface area contributed by atoms with Gasteiger partial charge in [-0.2, -0.15) is 0 Å². The predicted molar refractivity (Wildman–Crippen MR) is 80.2 cm³/mol. The molecule has 0 unspecified atom stereocenters. The Morgan fingerprint density at radius 3 is 2.78 bits per heavy atom. The van der Waals surface area contributed by atoms with Crippen LogP contribution in [0.4, 0.5) is 0 Å². The third-order valence-electron chi connectivity index (χ3n) is 2.30. The number of aromatic hydroxyl groups is 2. The van der Waals surface area contributed by atoms with Gasteiger partial charge in [0.05, 0.1) is 0 Å². The van der Waals surface area contributed by atoms with E-state index in [1.165, 1.54) is 6.07 Å². The topological polar surface area (TPSA) is 78.5 Å². The molecule has 0 aliphatic rings. The molecule has 1 aromatic carbocycles. The first-order valence-electron chi connectivity index (χ1n) is 5.75. The molecule has 0 heterocycles. The van der Waals surface area contributed by atoms with Gasteiger partial charge < -0.3 is 21.3 Å². The smallest absolute Gasteiger partial charge is 0.157 e. The lowest BCUT2D eigenvalue weighted by molar-refractivity contribution is 0.403. The minimum absolute atomic E-state index is 0.0904. The van der Waals surface area contributed by atoms with E-state index in [1.807, 2.05) is 0 Å². The Hall–Kier alpha value is -0.980. The van der Waals surface area contributed by atoms with Gasteiger partial charge in [0, 0.05) is 12.3 Å². The molecule has 0 aromatic heterocycles. The van der Waals surface area contributed by atoms with Crippen LogP contribution in [0.5, 0.6) is 11.5 Å². The lowest BCUT2D eigenvalue weighted by atomic mass is 10.1. The Bertz CT molecular complexity index is 400. The standard InChI is InChI=1S/C12H18N2O2S2/c13-5-1-7-18-12(17)14-6-4-9-2-3-10(15)11(16)8-9/h2-3,8,15-16H,1,4-7,13H2,(H,14,17). The predicted octanol–water partition coefficient (Wildman–Crippen LogP) is 1.60. The fourth-order valence-corrected chi connectivity index (χ4v) is 2.39. The van der Waals surface area contributed by atoms with Crippen molar-refractivity contribution in [2.45, 2.75) is 12.8 Å². The summed E-state index contributed by atoms with van der Waals surface area (Å²) in [7, 11) is 0. The molecule has 0 aliphatic heterocycles. The third-order valence-corrected chi connectivity index (χ3v) is 3.70. The maximum absolute atomic E-state index is 9.34. The largest absolute Gasteiger partial charge is 0.504 e. The Morgan fingerprint density at radius 1 is 1.33 bits per heavy atom. The van der Waals surface area contributed by atoms with Crippen molar-refractivity contribution in [1.82, 2.24) is 5.32 Å². The number of nitrogens with two attached hydrogens (primary N) is 1. The van der Waals surface area contributed by atoms with Crippen molar-refractivity contribution in [1.29, 1.82) is 0 Å². The van der Waals surface area contributed by atoms with Gasteiger partial charge in [0.1, 0.15) is 4.32 Å². The monoisotopic (exact) mass is 286 g/mol. The van der Waals surface area contributed by atoms with Crippen molar-refractivity contribution < 1.29 is 10.2 Å². The highest BCUT2D eigenvalue weighted by atomic mass is 32.2. The number of rotatable bonds is 6. The summed E-state index contributed by atoms with van der Waals surface area (Å²) in [6.45, 7) is 1.39. The van der Waals surface area contributed by atoms with Crippen molar-refractivity contribution in [2.24, 2.45) is 5.73 Å². The maximum Gasteiger partial charge on any atom is 0.157 e. The molecule has 0 amide bonds. The van der Waals surface area contributed by atoms with Crippen LogP contribution in [0.25, 0.3) is 0 Å². The molecule has 0 atom stereocenters. The molecule has 5 N–H and O–H groups in total. The van der Waals surface area contributed by atoms with E-state index in [0.29, 0.717) is 13.1 Å². The van der Waals surface area contributed by atoms with Gasteiger partial charge in [0.15, 0.2) is 11.5 Å². The Labute approximate surface area is 117 Å². The number of phenols is 2. The lowest BCUT2D eigenvalue weighted by Crippen LogP contribution is -2.21. The summed E-state index contributed by atoms with van der Waals surface area (Å²) in [5.74, 6) is 0.745. The molecule has 1 rings (SSSR count). The Balaban J connectivity index is 2.24. The number of hydrogen-bond donors (Lipinski definition) is 4. The van der Waals surface area contributed by atoms with Crippen LogP contribution in [0.15, 0.2) is 18.2 Å². The SMILES string of the molecule is NCCCSC(=S)NCCc1ccc(O)c(O)c1. The van der Waals surface area contributed by atoms with Crippen molar-refractivity contribution in [3.8, 4) is 11.5 Å². The van der Waals surface area contributed by atoms with Gasteiger partial charge in [0.2, 0.25) is 0 Å². The number of nitrogens with one attached hydrogen (secondary N) is 1. The minimum atomic E-state index is -0.0976. The van der Waals surface area contributed by atoms with Gasteiger partial charge in [-0.3, -0.25) is 0 Å². The molecule has 0 radical (unpaired) electrons. The van der Waals surface area contributed by atoms with Gasteiger partial charge in [0.25, 0.3) is 0 Å². The lowest BCUT2D eigenvalue weighted by Gasteiger charge is -2.07. The van der Waals surface area contributed by atoms with E-state index in [4.69, 9.17) is 18.0 Å². The van der Waals surface area contributed by atoms with Crippen LogP contribution in [0.2, 0.25) is 0 Å². The van der Waals surface area contributed by atoms with Crippen LogP contribution in [-0.4, -0.2) is 33.4 Å². The summed E-state index contributed by atoms with van der Waals surface area (Å²) in [6, 6.07) is 4.82. The van der Waals surface area contributed by atoms with E-state index in [1.54, 1.807) is 23.9 Å². The number of hydrogen-bond acceptors (Lipinski definition) is 5. The summed E-state index contributed by atoms with van der Waals surface area (Å²) < 4.78 is 0.770. The zero-order valence-electron chi connectivity index (χ0n) is 10.1. The van der Waals surface area contributed by atoms with E-state index >= 15 is 0 Å². The van der Waals surface area contributed by atoms with E-state index in [0.717, 1.165) is 28.5 Å². The highest BCUT2D eigenvalue weighted by molar-refractivity contribution is 8.22. The molecule has 4 nitrogen and oxygen atoms in total. The van der Waals surface area contributed by atoms with Gasteiger partial charge in [-0.15, -0.1) is 0 Å². The fraction of sp³-hybridized carbons (Fsp3) is 0.417. The van der Waals surface area contributed by atoms with Gasteiger partial charge in [-0.25, -0.2) is 0 Å². The summed E-state index contributed by atoms with van der Waals surface area (Å²) in [5, 5.41) is 21.7. The van der Waals surface area contributed by atoms with Crippen LogP contribution >= 0.6 is 24.0 Å². The first-order chi connectivity index (χ1) is 8.63. The molecular formula is C12H18N2O2S2. The van der Waals surface area contributed by atoms with Crippen LogP contribution in [0.1, 0.15) is 12.0 Å². The molecule has 0 spiro atoms. The van der Waals surface area contributed by atoms with E-state index in [9.17, 15) is 10.2 Å². The van der Waals surface area contributed by atoms with E-state index < -0.39 is 0 Å². The van der Waals surface area contributed by atoms with Gasteiger partial charge >= 0.3 is 0 Å². The van der Waals surface area contributed by atoms with Crippen molar-refractivity contribution in [3.05, 3.63) is 23.8 Å². The number of thioether (sulfide) groups is 1. The molecule has 100 valence electrons. The zero-order valence-corrected chi connectivity index (χ0v) is 11.7. The molecule has 0 aliphatic carbocycles. The summed E-state index contributed by atoms with van der Waals surface area (Å²) in [5.41, 5.74) is 6.35. The molecule has 1 aromatic rings.